The number of aromatic nitrogens is 1. The topological polar surface area (TPSA) is 81.1 Å². The highest BCUT2D eigenvalue weighted by Crippen LogP contribution is 2.20. The van der Waals surface area contributed by atoms with Crippen LogP contribution >= 0.6 is 24.8 Å². The minimum atomic E-state index is -0.225. The van der Waals surface area contributed by atoms with Gasteiger partial charge in [-0.1, -0.05) is 68.4 Å². The molecule has 1 unspecified atom stereocenters. The van der Waals surface area contributed by atoms with Gasteiger partial charge in [0.2, 0.25) is 5.91 Å². The van der Waals surface area contributed by atoms with E-state index in [1.807, 2.05) is 42.5 Å². The average molecular weight is 450 g/mol. The van der Waals surface area contributed by atoms with E-state index in [-0.39, 0.29) is 36.8 Å². The predicted octanol–water partition coefficient (Wildman–Crippen LogP) is 5.06. The molecule has 0 aliphatic rings. The van der Waals surface area contributed by atoms with E-state index in [0.717, 1.165) is 11.1 Å². The van der Waals surface area contributed by atoms with Gasteiger partial charge < -0.3 is 15.5 Å². The number of nitrogens with zero attached hydrogens (tertiary/aromatic N) is 1. The van der Waals surface area contributed by atoms with Crippen LogP contribution in [0.3, 0.4) is 0 Å². The second-order valence-corrected chi connectivity index (χ2v) is 7.22. The highest BCUT2D eigenvalue weighted by atomic mass is 35.5. The lowest BCUT2D eigenvalue weighted by Gasteiger charge is -2.14. The number of halogens is 2. The molecule has 0 aliphatic heterocycles. The van der Waals surface area contributed by atoms with E-state index in [1.54, 1.807) is 6.20 Å². The number of aryl methyl sites for hydroxylation is 1. The zero-order valence-corrected chi connectivity index (χ0v) is 18.8. The molecule has 1 heterocycles. The normalized spacial score (nSPS) is 11.3. The minimum Gasteiger partial charge on any atom is -0.441 e. The summed E-state index contributed by atoms with van der Waals surface area (Å²) in [7, 11) is 0. The SMILES string of the molecule is CC(C)c1ccc(C(N)CNC(=O)CCc2ncc(-c3ccccc3)o2)cc1.Cl.Cl. The largest absolute Gasteiger partial charge is 0.441 e. The van der Waals surface area contributed by atoms with Crippen LogP contribution in [0.1, 0.15) is 49.2 Å². The molecule has 3 N–H and O–H groups in total. The Kier molecular flexibility index (Phi) is 10.6. The molecular formula is C23H29Cl2N3O2. The van der Waals surface area contributed by atoms with Crippen molar-refractivity contribution < 1.29 is 9.21 Å². The van der Waals surface area contributed by atoms with Crippen molar-refractivity contribution in [2.75, 3.05) is 6.54 Å². The number of rotatable bonds is 8. The van der Waals surface area contributed by atoms with Crippen molar-refractivity contribution in [3.63, 3.8) is 0 Å². The fourth-order valence-corrected chi connectivity index (χ4v) is 2.94. The van der Waals surface area contributed by atoms with Crippen LogP contribution in [-0.2, 0) is 11.2 Å². The molecule has 162 valence electrons. The van der Waals surface area contributed by atoms with Crippen molar-refractivity contribution in [2.45, 2.75) is 38.6 Å². The Morgan fingerprint density at radius 2 is 1.67 bits per heavy atom. The number of carbonyl (C=O) groups excluding carboxylic acids is 1. The van der Waals surface area contributed by atoms with Gasteiger partial charge in [-0.2, -0.15) is 0 Å². The zero-order valence-electron chi connectivity index (χ0n) is 17.2. The third kappa shape index (κ3) is 7.17. The lowest BCUT2D eigenvalue weighted by molar-refractivity contribution is -0.121. The summed E-state index contributed by atoms with van der Waals surface area (Å²) in [5.74, 6) is 1.70. The number of nitrogens with one attached hydrogen (secondary N) is 1. The van der Waals surface area contributed by atoms with Gasteiger partial charge >= 0.3 is 0 Å². The first-order chi connectivity index (χ1) is 13.5. The third-order valence-corrected chi connectivity index (χ3v) is 4.73. The Morgan fingerprint density at radius 3 is 2.30 bits per heavy atom. The Morgan fingerprint density at radius 1 is 1.03 bits per heavy atom. The van der Waals surface area contributed by atoms with Crippen molar-refractivity contribution >= 4 is 30.7 Å². The lowest BCUT2D eigenvalue weighted by atomic mass is 9.99. The van der Waals surface area contributed by atoms with E-state index in [0.29, 0.717) is 37.0 Å². The molecule has 1 aromatic heterocycles. The van der Waals surface area contributed by atoms with E-state index in [4.69, 9.17) is 10.2 Å². The smallest absolute Gasteiger partial charge is 0.220 e. The van der Waals surface area contributed by atoms with Crippen LogP contribution in [0.15, 0.2) is 65.2 Å². The number of oxazole rings is 1. The van der Waals surface area contributed by atoms with Crippen LogP contribution in [-0.4, -0.2) is 17.4 Å². The van der Waals surface area contributed by atoms with E-state index >= 15 is 0 Å². The summed E-state index contributed by atoms with van der Waals surface area (Å²) in [6.45, 7) is 4.72. The van der Waals surface area contributed by atoms with E-state index < -0.39 is 0 Å². The molecule has 30 heavy (non-hydrogen) atoms. The second-order valence-electron chi connectivity index (χ2n) is 7.22. The molecule has 0 radical (unpaired) electrons. The van der Waals surface area contributed by atoms with Crippen molar-refractivity contribution in [1.82, 2.24) is 10.3 Å². The quantitative estimate of drug-likeness (QED) is 0.503. The van der Waals surface area contributed by atoms with Gasteiger partial charge in [-0.3, -0.25) is 4.79 Å². The first-order valence-electron chi connectivity index (χ1n) is 9.65. The highest BCUT2D eigenvalue weighted by molar-refractivity contribution is 5.85. The van der Waals surface area contributed by atoms with Gasteiger partial charge in [0.1, 0.15) is 0 Å². The van der Waals surface area contributed by atoms with Gasteiger partial charge in [0.25, 0.3) is 0 Å². The third-order valence-electron chi connectivity index (χ3n) is 4.73. The van der Waals surface area contributed by atoms with Gasteiger partial charge in [-0.15, -0.1) is 24.8 Å². The van der Waals surface area contributed by atoms with E-state index in [9.17, 15) is 4.79 Å². The average Bonchev–Trinajstić information content (AvgIpc) is 3.20. The lowest BCUT2D eigenvalue weighted by Crippen LogP contribution is -2.32. The fraction of sp³-hybridized carbons (Fsp3) is 0.304. The number of benzene rings is 2. The maximum absolute atomic E-state index is 12.1. The number of nitrogens with two attached hydrogens (primary N) is 1. The van der Waals surface area contributed by atoms with Crippen molar-refractivity contribution in [2.24, 2.45) is 5.73 Å². The van der Waals surface area contributed by atoms with Crippen LogP contribution in [0.4, 0.5) is 0 Å². The van der Waals surface area contributed by atoms with Crippen molar-refractivity contribution in [3.8, 4) is 11.3 Å². The van der Waals surface area contributed by atoms with Gasteiger partial charge in [0.05, 0.1) is 6.20 Å². The first-order valence-corrected chi connectivity index (χ1v) is 9.65. The predicted molar refractivity (Wildman–Crippen MR) is 125 cm³/mol. The molecule has 0 aliphatic carbocycles. The molecule has 5 nitrogen and oxygen atoms in total. The van der Waals surface area contributed by atoms with Crippen LogP contribution in [0.5, 0.6) is 0 Å². The number of hydrogen-bond donors (Lipinski definition) is 2. The summed E-state index contributed by atoms with van der Waals surface area (Å²) in [5, 5.41) is 2.89. The van der Waals surface area contributed by atoms with Gasteiger partial charge in [-0.25, -0.2) is 4.98 Å². The monoisotopic (exact) mass is 449 g/mol. The second kappa shape index (κ2) is 12.4. The molecule has 3 aromatic rings. The molecule has 0 bridgehead atoms. The number of amides is 1. The minimum absolute atomic E-state index is 0. The fourth-order valence-electron chi connectivity index (χ4n) is 2.94. The molecule has 0 saturated heterocycles. The molecule has 3 rings (SSSR count). The number of carbonyl (C=O) groups is 1. The zero-order chi connectivity index (χ0) is 19.9. The van der Waals surface area contributed by atoms with Gasteiger partial charge in [0, 0.05) is 31.0 Å². The molecule has 0 spiro atoms. The van der Waals surface area contributed by atoms with Crippen LogP contribution in [0.2, 0.25) is 0 Å². The Hall–Kier alpha value is -2.34. The number of hydrogen-bond acceptors (Lipinski definition) is 4. The summed E-state index contributed by atoms with van der Waals surface area (Å²) < 4.78 is 5.73. The molecule has 1 amide bonds. The summed E-state index contributed by atoms with van der Waals surface area (Å²) >= 11 is 0. The van der Waals surface area contributed by atoms with Crippen LogP contribution < -0.4 is 11.1 Å². The Bertz CT molecular complexity index is 896. The van der Waals surface area contributed by atoms with E-state index in [2.05, 4.69) is 36.3 Å². The summed E-state index contributed by atoms with van der Waals surface area (Å²) in [4.78, 5) is 16.4. The Balaban J connectivity index is 0.00000225. The van der Waals surface area contributed by atoms with E-state index in [1.165, 1.54) is 5.56 Å². The summed E-state index contributed by atoms with van der Waals surface area (Å²) in [5.41, 5.74) is 9.47. The molecular weight excluding hydrogens is 421 g/mol. The highest BCUT2D eigenvalue weighted by Gasteiger charge is 2.11. The Labute approximate surface area is 190 Å². The molecule has 0 saturated carbocycles. The summed E-state index contributed by atoms with van der Waals surface area (Å²) in [6.07, 6.45) is 2.46. The maximum Gasteiger partial charge on any atom is 0.220 e. The molecule has 0 fully saturated rings. The van der Waals surface area contributed by atoms with Gasteiger partial charge in [-0.05, 0) is 17.0 Å². The van der Waals surface area contributed by atoms with Crippen molar-refractivity contribution in [1.29, 1.82) is 0 Å². The maximum atomic E-state index is 12.1. The van der Waals surface area contributed by atoms with Crippen LogP contribution in [0, 0.1) is 0 Å². The standard InChI is InChI=1S/C23H27N3O2.2ClH/c1-16(2)17-8-10-18(11-9-17)20(24)14-25-22(27)12-13-23-26-15-21(28-23)19-6-4-3-5-7-19;;/h3-11,15-16,20H,12-14,24H2,1-2H3,(H,25,27);2*1H. The van der Waals surface area contributed by atoms with Gasteiger partial charge in [0.15, 0.2) is 11.7 Å². The molecule has 7 heteroatoms. The summed E-state index contributed by atoms with van der Waals surface area (Å²) in [6, 6.07) is 17.8. The van der Waals surface area contributed by atoms with Crippen LogP contribution in [0.25, 0.3) is 11.3 Å². The van der Waals surface area contributed by atoms with Crippen molar-refractivity contribution in [3.05, 3.63) is 77.8 Å². The molecule has 1 atom stereocenters. The first kappa shape index (κ1) is 25.7. The molecule has 2 aromatic carbocycles.